The molecule has 3 rings (SSSR count). The van der Waals surface area contributed by atoms with Crippen molar-refractivity contribution in [2.24, 2.45) is 0 Å². The molecule has 7 heteroatoms. The maximum absolute atomic E-state index is 13.1. The summed E-state index contributed by atoms with van der Waals surface area (Å²) in [5.41, 5.74) is 2.22. The summed E-state index contributed by atoms with van der Waals surface area (Å²) in [6.45, 7) is 0.637. The first-order valence-corrected chi connectivity index (χ1v) is 9.99. The van der Waals surface area contributed by atoms with Gasteiger partial charge in [-0.3, -0.25) is 4.79 Å². The average Bonchev–Trinajstić information content (AvgIpc) is 3.19. The molecule has 0 radical (unpaired) electrons. The number of benzene rings is 1. The maximum atomic E-state index is 13.1. The van der Waals surface area contributed by atoms with Crippen LogP contribution in [0.2, 0.25) is 0 Å². The lowest BCUT2D eigenvalue weighted by Crippen LogP contribution is -2.43. The van der Waals surface area contributed by atoms with E-state index < -0.39 is 10.0 Å². The van der Waals surface area contributed by atoms with Crippen LogP contribution in [0.1, 0.15) is 36.3 Å². The Labute approximate surface area is 143 Å². The first-order chi connectivity index (χ1) is 11.4. The number of nitrogens with one attached hydrogen (secondary N) is 1. The molecule has 0 aromatic heterocycles. The summed E-state index contributed by atoms with van der Waals surface area (Å²) in [7, 11) is -0.298. The van der Waals surface area contributed by atoms with E-state index in [0.29, 0.717) is 6.54 Å². The van der Waals surface area contributed by atoms with Crippen molar-refractivity contribution in [3.8, 4) is 5.75 Å². The minimum absolute atomic E-state index is 0.0209. The molecule has 1 aliphatic heterocycles. The van der Waals surface area contributed by atoms with Gasteiger partial charge in [0.15, 0.2) is 0 Å². The van der Waals surface area contributed by atoms with Crippen molar-refractivity contribution in [3.05, 3.63) is 29.3 Å². The zero-order chi connectivity index (χ0) is 17.3. The minimum Gasteiger partial charge on any atom is -0.497 e. The highest BCUT2D eigenvalue weighted by Crippen LogP contribution is 2.38. The van der Waals surface area contributed by atoms with Gasteiger partial charge in [-0.05, 0) is 56.0 Å². The van der Waals surface area contributed by atoms with Crippen molar-refractivity contribution in [1.82, 2.24) is 9.62 Å². The largest absolute Gasteiger partial charge is 0.497 e. The van der Waals surface area contributed by atoms with Crippen molar-refractivity contribution in [2.75, 3.05) is 26.5 Å². The number of carbonyl (C=O) groups excluding carboxylic acids is 1. The number of nitrogens with zero attached hydrogens (tertiary/aromatic N) is 1. The minimum atomic E-state index is -3.33. The lowest BCUT2D eigenvalue weighted by Gasteiger charge is -2.27. The average molecular weight is 352 g/mol. The number of sulfonamides is 1. The van der Waals surface area contributed by atoms with Gasteiger partial charge in [0.1, 0.15) is 5.75 Å². The second-order valence-corrected chi connectivity index (χ2v) is 8.44. The van der Waals surface area contributed by atoms with E-state index in [1.165, 1.54) is 12.6 Å². The SMILES string of the molecule is CNS(=O)(=O)CC1CCCN1C(=O)C1CCc2ccc(OC)cc21. The monoisotopic (exact) mass is 352 g/mol. The standard InChI is InChI=1S/C17H24N2O4S/c1-18-24(21,22)11-13-4-3-9-19(13)17(20)15-8-6-12-5-7-14(23-2)10-16(12)15/h5,7,10,13,15,18H,3-4,6,8-9,11H2,1-2H3. The number of amides is 1. The Kier molecular flexibility index (Phi) is 4.83. The van der Waals surface area contributed by atoms with Crippen LogP contribution in [0.25, 0.3) is 0 Å². The first-order valence-electron chi connectivity index (χ1n) is 8.33. The van der Waals surface area contributed by atoms with Crippen LogP contribution < -0.4 is 9.46 Å². The number of methoxy groups -OCH3 is 1. The van der Waals surface area contributed by atoms with E-state index in [4.69, 9.17) is 4.74 Å². The highest BCUT2D eigenvalue weighted by atomic mass is 32.2. The van der Waals surface area contributed by atoms with Crippen LogP contribution in [-0.2, 0) is 21.2 Å². The molecule has 0 spiro atoms. The van der Waals surface area contributed by atoms with E-state index in [1.807, 2.05) is 18.2 Å². The van der Waals surface area contributed by atoms with Gasteiger partial charge in [0, 0.05) is 12.6 Å². The van der Waals surface area contributed by atoms with Crippen molar-refractivity contribution >= 4 is 15.9 Å². The number of ether oxygens (including phenoxy) is 1. The van der Waals surface area contributed by atoms with Gasteiger partial charge in [-0.2, -0.15) is 0 Å². The van der Waals surface area contributed by atoms with Gasteiger partial charge in [0.25, 0.3) is 0 Å². The molecule has 6 nitrogen and oxygen atoms in total. The van der Waals surface area contributed by atoms with Gasteiger partial charge in [-0.1, -0.05) is 6.07 Å². The summed E-state index contributed by atoms with van der Waals surface area (Å²) in [6, 6.07) is 5.66. The predicted octanol–water partition coefficient (Wildman–Crippen LogP) is 1.27. The van der Waals surface area contributed by atoms with Crippen LogP contribution in [0.3, 0.4) is 0 Å². The predicted molar refractivity (Wildman–Crippen MR) is 91.6 cm³/mol. The quantitative estimate of drug-likeness (QED) is 0.866. The maximum Gasteiger partial charge on any atom is 0.230 e. The zero-order valence-electron chi connectivity index (χ0n) is 14.1. The lowest BCUT2D eigenvalue weighted by molar-refractivity contribution is -0.133. The second kappa shape index (κ2) is 6.72. The summed E-state index contributed by atoms with van der Waals surface area (Å²) in [4.78, 5) is 14.8. The zero-order valence-corrected chi connectivity index (χ0v) is 14.9. The molecule has 1 fully saturated rings. The Balaban J connectivity index is 1.80. The summed E-state index contributed by atoms with van der Waals surface area (Å²) >= 11 is 0. The molecule has 24 heavy (non-hydrogen) atoms. The Morgan fingerprint density at radius 2 is 2.17 bits per heavy atom. The molecule has 1 aromatic rings. The van der Waals surface area contributed by atoms with Gasteiger partial charge in [0.2, 0.25) is 15.9 Å². The Hall–Kier alpha value is -1.60. The molecule has 1 aromatic carbocycles. The van der Waals surface area contributed by atoms with E-state index >= 15 is 0 Å². The molecule has 1 heterocycles. The summed E-state index contributed by atoms with van der Waals surface area (Å²) in [6.07, 6.45) is 3.25. The van der Waals surface area contributed by atoms with Crippen molar-refractivity contribution in [2.45, 2.75) is 37.6 Å². The van der Waals surface area contributed by atoms with Crippen LogP contribution in [0.5, 0.6) is 5.75 Å². The molecule has 1 saturated heterocycles. The molecular formula is C17H24N2O4S. The van der Waals surface area contributed by atoms with Gasteiger partial charge in [-0.25, -0.2) is 13.1 Å². The van der Waals surface area contributed by atoms with E-state index in [0.717, 1.165) is 37.0 Å². The number of fused-ring (bicyclic) bond motifs is 1. The highest BCUT2D eigenvalue weighted by molar-refractivity contribution is 7.89. The van der Waals surface area contributed by atoms with E-state index in [9.17, 15) is 13.2 Å². The van der Waals surface area contributed by atoms with Crippen LogP contribution in [0.4, 0.5) is 0 Å². The number of aryl methyl sites for hydroxylation is 1. The topological polar surface area (TPSA) is 75.7 Å². The van der Waals surface area contributed by atoms with Crippen molar-refractivity contribution in [3.63, 3.8) is 0 Å². The van der Waals surface area contributed by atoms with E-state index in [2.05, 4.69) is 4.72 Å². The normalized spacial score (nSPS) is 23.3. The Morgan fingerprint density at radius 1 is 1.38 bits per heavy atom. The fraction of sp³-hybridized carbons (Fsp3) is 0.588. The molecule has 1 N–H and O–H groups in total. The van der Waals surface area contributed by atoms with Gasteiger partial charge < -0.3 is 9.64 Å². The molecule has 1 amide bonds. The van der Waals surface area contributed by atoms with Gasteiger partial charge in [0.05, 0.1) is 18.8 Å². The fourth-order valence-corrected chi connectivity index (χ4v) is 4.82. The molecule has 0 saturated carbocycles. The molecule has 2 aliphatic rings. The number of carbonyl (C=O) groups is 1. The molecular weight excluding hydrogens is 328 g/mol. The number of likely N-dealkylation sites (tertiary alicyclic amines) is 1. The van der Waals surface area contributed by atoms with Gasteiger partial charge >= 0.3 is 0 Å². The smallest absolute Gasteiger partial charge is 0.230 e. The van der Waals surface area contributed by atoms with Crippen molar-refractivity contribution < 1.29 is 17.9 Å². The lowest BCUT2D eigenvalue weighted by atomic mass is 9.99. The third kappa shape index (κ3) is 3.28. The molecule has 2 atom stereocenters. The van der Waals surface area contributed by atoms with Gasteiger partial charge in [-0.15, -0.1) is 0 Å². The van der Waals surface area contributed by atoms with Crippen molar-refractivity contribution in [1.29, 1.82) is 0 Å². The number of rotatable bonds is 5. The first kappa shape index (κ1) is 17.2. The highest BCUT2D eigenvalue weighted by Gasteiger charge is 2.38. The number of hydrogen-bond donors (Lipinski definition) is 1. The molecule has 0 bridgehead atoms. The summed E-state index contributed by atoms with van der Waals surface area (Å²) in [5, 5.41) is 0. The van der Waals surface area contributed by atoms with Crippen LogP contribution >= 0.6 is 0 Å². The molecule has 1 aliphatic carbocycles. The second-order valence-electron chi connectivity index (χ2n) is 6.47. The van der Waals surface area contributed by atoms with Crippen LogP contribution in [0.15, 0.2) is 18.2 Å². The van der Waals surface area contributed by atoms with Crippen LogP contribution in [0, 0.1) is 0 Å². The van der Waals surface area contributed by atoms with Crippen LogP contribution in [-0.4, -0.2) is 51.7 Å². The summed E-state index contributed by atoms with van der Waals surface area (Å²) < 4.78 is 31.3. The third-order valence-electron chi connectivity index (χ3n) is 5.11. The van der Waals surface area contributed by atoms with E-state index in [1.54, 1.807) is 12.0 Å². The fourth-order valence-electron chi connectivity index (χ4n) is 3.80. The summed E-state index contributed by atoms with van der Waals surface area (Å²) in [5.74, 6) is 0.598. The number of hydrogen-bond acceptors (Lipinski definition) is 4. The third-order valence-corrected chi connectivity index (χ3v) is 6.56. The van der Waals surface area contributed by atoms with E-state index in [-0.39, 0.29) is 23.6 Å². The Morgan fingerprint density at radius 3 is 2.88 bits per heavy atom. The Bertz CT molecular complexity index is 732. The molecule has 132 valence electrons. The molecule has 2 unspecified atom stereocenters.